The lowest BCUT2D eigenvalue weighted by molar-refractivity contribution is 0.637. The molecule has 0 N–H and O–H groups in total. The van der Waals surface area contributed by atoms with Crippen LogP contribution in [0.2, 0.25) is 0 Å². The Labute approximate surface area is 173 Å². The highest BCUT2D eigenvalue weighted by atomic mass is 79.9. The summed E-state index contributed by atoms with van der Waals surface area (Å²) < 4.78 is 1.08. The maximum Gasteiger partial charge on any atom is 0.132 e. The molecule has 0 radical (unpaired) electrons. The summed E-state index contributed by atoms with van der Waals surface area (Å²) in [7, 11) is 0. The van der Waals surface area contributed by atoms with Gasteiger partial charge in [-0.2, -0.15) is 5.26 Å². The smallest absolute Gasteiger partial charge is 0.132 e. The van der Waals surface area contributed by atoms with Crippen LogP contribution in [0.4, 0.5) is 11.6 Å². The van der Waals surface area contributed by atoms with Crippen LogP contribution in [0.1, 0.15) is 30.9 Å². The summed E-state index contributed by atoms with van der Waals surface area (Å²) in [5.74, 6) is 2.43. The van der Waals surface area contributed by atoms with Crippen LogP contribution in [0.25, 0.3) is 10.9 Å². The van der Waals surface area contributed by atoms with Crippen LogP contribution in [-0.4, -0.2) is 36.1 Å². The van der Waals surface area contributed by atoms with Gasteiger partial charge in [-0.3, -0.25) is 0 Å². The van der Waals surface area contributed by atoms with Crippen molar-refractivity contribution in [2.45, 2.75) is 19.8 Å². The zero-order chi connectivity index (χ0) is 19.7. The fourth-order valence-corrected chi connectivity index (χ4v) is 4.00. The average Bonchev–Trinajstić information content (AvgIpc) is 2.73. The summed E-state index contributed by atoms with van der Waals surface area (Å²) >= 11 is 3.56. The summed E-state index contributed by atoms with van der Waals surface area (Å²) in [6.45, 7) is 8.02. The van der Waals surface area contributed by atoms with Gasteiger partial charge in [-0.15, -0.1) is 0 Å². The summed E-state index contributed by atoms with van der Waals surface area (Å²) in [6.07, 6.45) is 1.64. The van der Waals surface area contributed by atoms with E-state index in [-0.39, 0.29) is 0 Å². The number of aromatic nitrogens is 2. The summed E-state index contributed by atoms with van der Waals surface area (Å²) in [5.41, 5.74) is 2.91. The van der Waals surface area contributed by atoms with Crippen molar-refractivity contribution in [3.05, 3.63) is 58.2 Å². The lowest BCUT2D eigenvalue weighted by atomic mass is 10.0. The number of pyridine rings is 2. The van der Waals surface area contributed by atoms with Gasteiger partial charge < -0.3 is 9.80 Å². The Morgan fingerprint density at radius 1 is 1.04 bits per heavy atom. The van der Waals surface area contributed by atoms with E-state index in [1.54, 1.807) is 6.20 Å². The SMILES string of the molecule is CC(C)c1cc2cc(Br)ccc2nc1N1CCN(c2ccc(C#N)cn2)CC1. The van der Waals surface area contributed by atoms with Crippen molar-refractivity contribution in [3.63, 3.8) is 0 Å². The normalized spacial score (nSPS) is 14.5. The van der Waals surface area contributed by atoms with Crippen LogP contribution < -0.4 is 9.80 Å². The highest BCUT2D eigenvalue weighted by Crippen LogP contribution is 2.31. The van der Waals surface area contributed by atoms with Gasteiger partial charge in [-0.05, 0) is 47.9 Å². The molecule has 0 spiro atoms. The lowest BCUT2D eigenvalue weighted by Crippen LogP contribution is -2.47. The molecule has 1 aliphatic rings. The Balaban J connectivity index is 1.58. The topological polar surface area (TPSA) is 56.1 Å². The van der Waals surface area contributed by atoms with Gasteiger partial charge in [0.25, 0.3) is 0 Å². The molecule has 1 fully saturated rings. The van der Waals surface area contributed by atoms with Gasteiger partial charge in [0.15, 0.2) is 0 Å². The van der Waals surface area contributed by atoms with E-state index < -0.39 is 0 Å². The Kier molecular flexibility index (Phi) is 5.19. The second-order valence-corrected chi connectivity index (χ2v) is 8.30. The molecule has 3 aromatic rings. The fraction of sp³-hybridized carbons (Fsp3) is 0.318. The standard InChI is InChI=1S/C22H22BrN5/c1-15(2)19-12-17-11-18(23)4-5-20(17)26-22(19)28-9-7-27(8-10-28)21-6-3-16(13-24)14-25-21/h3-6,11-12,14-15H,7-10H2,1-2H3. The van der Waals surface area contributed by atoms with Gasteiger partial charge in [-0.25, -0.2) is 9.97 Å². The van der Waals surface area contributed by atoms with E-state index >= 15 is 0 Å². The van der Waals surface area contributed by atoms with Crippen molar-refractivity contribution in [1.29, 1.82) is 5.26 Å². The number of fused-ring (bicyclic) bond motifs is 1. The van der Waals surface area contributed by atoms with E-state index in [0.29, 0.717) is 11.5 Å². The van der Waals surface area contributed by atoms with Gasteiger partial charge in [0, 0.05) is 42.2 Å². The third kappa shape index (κ3) is 3.67. The average molecular weight is 436 g/mol. The Morgan fingerprint density at radius 3 is 2.43 bits per heavy atom. The van der Waals surface area contributed by atoms with E-state index in [9.17, 15) is 0 Å². The third-order valence-corrected chi connectivity index (χ3v) is 5.68. The monoisotopic (exact) mass is 435 g/mol. The largest absolute Gasteiger partial charge is 0.353 e. The molecule has 28 heavy (non-hydrogen) atoms. The lowest BCUT2D eigenvalue weighted by Gasteiger charge is -2.37. The van der Waals surface area contributed by atoms with Crippen molar-refractivity contribution in [1.82, 2.24) is 9.97 Å². The van der Waals surface area contributed by atoms with Gasteiger partial charge >= 0.3 is 0 Å². The molecule has 0 saturated carbocycles. The van der Waals surface area contributed by atoms with Crippen molar-refractivity contribution >= 4 is 38.5 Å². The zero-order valence-corrected chi connectivity index (χ0v) is 17.6. The second kappa shape index (κ2) is 7.76. The highest BCUT2D eigenvalue weighted by molar-refractivity contribution is 9.10. The van der Waals surface area contributed by atoms with Crippen LogP contribution in [-0.2, 0) is 0 Å². The van der Waals surface area contributed by atoms with E-state index in [2.05, 4.69) is 68.8 Å². The van der Waals surface area contributed by atoms with Crippen LogP contribution in [0.3, 0.4) is 0 Å². The molecule has 1 aliphatic heterocycles. The number of nitrogens with zero attached hydrogens (tertiary/aromatic N) is 5. The Bertz CT molecular complexity index is 1030. The molecule has 4 rings (SSSR count). The van der Waals surface area contributed by atoms with Crippen molar-refractivity contribution in [2.24, 2.45) is 0 Å². The van der Waals surface area contributed by atoms with Crippen molar-refractivity contribution in [2.75, 3.05) is 36.0 Å². The number of piperazine rings is 1. The summed E-state index contributed by atoms with van der Waals surface area (Å²) in [4.78, 5) is 14.1. The van der Waals surface area contributed by atoms with E-state index in [0.717, 1.165) is 47.8 Å². The number of hydrogen-bond acceptors (Lipinski definition) is 5. The van der Waals surface area contributed by atoms with Gasteiger partial charge in [0.2, 0.25) is 0 Å². The second-order valence-electron chi connectivity index (χ2n) is 7.38. The predicted molar refractivity (Wildman–Crippen MR) is 117 cm³/mol. The molecule has 142 valence electrons. The first-order valence-corrected chi connectivity index (χ1v) is 10.3. The molecule has 0 unspecified atom stereocenters. The first-order chi connectivity index (χ1) is 13.5. The summed E-state index contributed by atoms with van der Waals surface area (Å²) in [5, 5.41) is 10.1. The maximum absolute atomic E-state index is 8.94. The first kappa shape index (κ1) is 18.7. The van der Waals surface area contributed by atoms with Crippen LogP contribution >= 0.6 is 15.9 Å². The predicted octanol–water partition coefficient (Wildman–Crippen LogP) is 4.71. The molecule has 1 saturated heterocycles. The highest BCUT2D eigenvalue weighted by Gasteiger charge is 2.22. The maximum atomic E-state index is 8.94. The number of halogens is 1. The molecule has 6 heteroatoms. The number of anilines is 2. The molecular weight excluding hydrogens is 414 g/mol. The van der Waals surface area contributed by atoms with Gasteiger partial charge in [0.05, 0.1) is 11.1 Å². The molecule has 1 aromatic carbocycles. The third-order valence-electron chi connectivity index (χ3n) is 5.19. The zero-order valence-electron chi connectivity index (χ0n) is 16.1. The molecule has 2 aromatic heterocycles. The Hall–Kier alpha value is -2.65. The number of nitriles is 1. The molecule has 3 heterocycles. The molecular formula is C22H22BrN5. The van der Waals surface area contributed by atoms with E-state index in [1.807, 2.05) is 18.2 Å². The van der Waals surface area contributed by atoms with Crippen LogP contribution in [0.5, 0.6) is 0 Å². The van der Waals surface area contributed by atoms with Gasteiger partial charge in [0.1, 0.15) is 17.7 Å². The Morgan fingerprint density at radius 2 is 1.79 bits per heavy atom. The van der Waals surface area contributed by atoms with Gasteiger partial charge in [-0.1, -0.05) is 29.8 Å². The van der Waals surface area contributed by atoms with Crippen molar-refractivity contribution < 1.29 is 0 Å². The minimum absolute atomic E-state index is 0.407. The van der Waals surface area contributed by atoms with Crippen LogP contribution in [0, 0.1) is 11.3 Å². The minimum atomic E-state index is 0.407. The first-order valence-electron chi connectivity index (χ1n) is 9.51. The molecule has 0 aliphatic carbocycles. The minimum Gasteiger partial charge on any atom is -0.353 e. The summed E-state index contributed by atoms with van der Waals surface area (Å²) in [6, 6.07) is 14.4. The molecule has 0 atom stereocenters. The molecule has 0 amide bonds. The fourth-order valence-electron chi connectivity index (χ4n) is 3.62. The quantitative estimate of drug-likeness (QED) is 0.595. The molecule has 0 bridgehead atoms. The number of rotatable bonds is 3. The van der Waals surface area contributed by atoms with E-state index in [1.165, 1.54) is 10.9 Å². The van der Waals surface area contributed by atoms with Crippen LogP contribution in [0.15, 0.2) is 47.1 Å². The van der Waals surface area contributed by atoms with E-state index in [4.69, 9.17) is 10.2 Å². The number of benzene rings is 1. The molecule has 5 nitrogen and oxygen atoms in total. The number of hydrogen-bond donors (Lipinski definition) is 0. The van der Waals surface area contributed by atoms with Crippen molar-refractivity contribution in [3.8, 4) is 6.07 Å².